The molecule has 0 spiro atoms. The fraction of sp³-hybridized carbons (Fsp3) is 0.143. The summed E-state index contributed by atoms with van der Waals surface area (Å²) in [7, 11) is 1.73. The van der Waals surface area contributed by atoms with Gasteiger partial charge in [-0.25, -0.2) is 4.68 Å². The molecule has 4 aromatic rings. The number of aromatic nitrogens is 2. The minimum Gasteiger partial charge on any atom is -0.318 e. The van der Waals surface area contributed by atoms with Gasteiger partial charge in [-0.1, -0.05) is 58.4 Å². The van der Waals surface area contributed by atoms with Crippen molar-refractivity contribution in [1.29, 1.82) is 0 Å². The molecule has 1 atom stereocenters. The molecular formula is C28H23BrN4O4. The van der Waals surface area contributed by atoms with Gasteiger partial charge >= 0.3 is 0 Å². The van der Waals surface area contributed by atoms with Crippen LogP contribution in [-0.4, -0.2) is 38.0 Å². The number of rotatable bonds is 6. The smallest absolute Gasteiger partial charge is 0.295 e. The summed E-state index contributed by atoms with van der Waals surface area (Å²) in [5, 5.41) is 2.74. The van der Waals surface area contributed by atoms with E-state index in [9.17, 15) is 19.2 Å². The molecule has 8 nitrogen and oxygen atoms in total. The van der Waals surface area contributed by atoms with Crippen LogP contribution < -0.4 is 10.9 Å². The number of carbonyl (C=O) groups is 3. The Bertz CT molecular complexity index is 1550. The van der Waals surface area contributed by atoms with E-state index in [2.05, 4.69) is 21.2 Å². The van der Waals surface area contributed by atoms with Crippen LogP contribution in [0.25, 0.3) is 5.69 Å². The standard InChI is InChI=1S/C28H23BrN4O4/c1-17-24(28(37)33(31(17)2)20-8-4-3-5-9-20)30-25(34)23(16-18-12-14-19(29)15-13-18)32-26(35)21-10-6-7-11-22(21)27(32)36/h3-15,23H,16H2,1-2H3,(H,30,34). The van der Waals surface area contributed by atoms with Crippen molar-refractivity contribution in [2.45, 2.75) is 19.4 Å². The first-order chi connectivity index (χ1) is 17.8. The van der Waals surface area contributed by atoms with Crippen molar-refractivity contribution in [1.82, 2.24) is 14.3 Å². The fourth-order valence-electron chi connectivity index (χ4n) is 4.55. The maximum absolute atomic E-state index is 13.8. The lowest BCUT2D eigenvalue weighted by molar-refractivity contribution is -0.119. The molecule has 0 saturated heterocycles. The molecule has 2 heterocycles. The van der Waals surface area contributed by atoms with Gasteiger partial charge in [-0.15, -0.1) is 0 Å². The number of amides is 3. The molecule has 1 aliphatic heterocycles. The van der Waals surface area contributed by atoms with E-state index in [4.69, 9.17) is 0 Å². The van der Waals surface area contributed by atoms with E-state index in [0.717, 1.165) is 14.9 Å². The summed E-state index contributed by atoms with van der Waals surface area (Å²) in [5.74, 6) is -1.70. The third kappa shape index (κ3) is 4.31. The summed E-state index contributed by atoms with van der Waals surface area (Å²) in [4.78, 5) is 54.7. The Morgan fingerprint density at radius 1 is 0.865 bits per heavy atom. The normalized spacial score (nSPS) is 13.5. The second-order valence-corrected chi connectivity index (χ2v) is 9.71. The van der Waals surface area contributed by atoms with Crippen molar-refractivity contribution in [3.63, 3.8) is 0 Å². The van der Waals surface area contributed by atoms with E-state index in [0.29, 0.717) is 11.4 Å². The van der Waals surface area contributed by atoms with E-state index in [1.807, 2.05) is 42.5 Å². The Morgan fingerprint density at radius 2 is 1.43 bits per heavy atom. The van der Waals surface area contributed by atoms with E-state index in [1.54, 1.807) is 55.1 Å². The van der Waals surface area contributed by atoms with Crippen molar-refractivity contribution >= 4 is 39.3 Å². The molecule has 0 bridgehead atoms. The lowest BCUT2D eigenvalue weighted by Gasteiger charge is -2.25. The van der Waals surface area contributed by atoms with Crippen LogP contribution in [0.3, 0.4) is 0 Å². The van der Waals surface area contributed by atoms with Gasteiger partial charge < -0.3 is 5.32 Å². The lowest BCUT2D eigenvalue weighted by atomic mass is 10.0. The highest BCUT2D eigenvalue weighted by Gasteiger charge is 2.43. The Balaban J connectivity index is 1.53. The predicted molar refractivity (Wildman–Crippen MR) is 143 cm³/mol. The minimum atomic E-state index is -1.17. The van der Waals surface area contributed by atoms with Crippen LogP contribution in [0.5, 0.6) is 0 Å². The molecule has 1 aliphatic rings. The number of benzene rings is 3. The molecule has 37 heavy (non-hydrogen) atoms. The number of hydrogen-bond acceptors (Lipinski definition) is 4. The topological polar surface area (TPSA) is 93.4 Å². The number of halogens is 1. The quantitative estimate of drug-likeness (QED) is 0.360. The minimum absolute atomic E-state index is 0.0866. The molecule has 186 valence electrons. The first-order valence-electron chi connectivity index (χ1n) is 11.6. The first-order valence-corrected chi connectivity index (χ1v) is 12.4. The fourth-order valence-corrected chi connectivity index (χ4v) is 4.82. The number of carbonyl (C=O) groups excluding carboxylic acids is 3. The Morgan fingerprint density at radius 3 is 2.03 bits per heavy atom. The molecule has 1 aromatic heterocycles. The molecule has 0 aliphatic carbocycles. The molecular weight excluding hydrogens is 536 g/mol. The van der Waals surface area contributed by atoms with Crippen LogP contribution in [-0.2, 0) is 18.3 Å². The Kier molecular flexibility index (Phi) is 6.39. The van der Waals surface area contributed by atoms with Gasteiger partial charge in [-0.05, 0) is 48.9 Å². The third-order valence-electron chi connectivity index (χ3n) is 6.58. The van der Waals surface area contributed by atoms with E-state index in [1.165, 1.54) is 4.68 Å². The molecule has 0 fully saturated rings. The lowest BCUT2D eigenvalue weighted by Crippen LogP contribution is -2.49. The number of nitrogens with zero attached hydrogens (tertiary/aromatic N) is 3. The maximum atomic E-state index is 13.8. The van der Waals surface area contributed by atoms with Gasteiger partial charge in [0.15, 0.2) is 0 Å². The van der Waals surface area contributed by atoms with Crippen LogP contribution in [0, 0.1) is 6.92 Å². The monoisotopic (exact) mass is 558 g/mol. The van der Waals surface area contributed by atoms with E-state index in [-0.39, 0.29) is 23.2 Å². The van der Waals surface area contributed by atoms with Crippen molar-refractivity contribution in [3.8, 4) is 5.69 Å². The Labute approximate surface area is 221 Å². The zero-order valence-corrected chi connectivity index (χ0v) is 21.7. The highest BCUT2D eigenvalue weighted by atomic mass is 79.9. The number of hydrogen-bond donors (Lipinski definition) is 1. The van der Waals surface area contributed by atoms with Crippen molar-refractivity contribution in [2.24, 2.45) is 7.05 Å². The highest BCUT2D eigenvalue weighted by molar-refractivity contribution is 9.10. The van der Waals surface area contributed by atoms with E-state index < -0.39 is 29.3 Å². The molecule has 1 unspecified atom stereocenters. The number of para-hydroxylation sites is 1. The highest BCUT2D eigenvalue weighted by Crippen LogP contribution is 2.27. The molecule has 3 aromatic carbocycles. The average molecular weight is 559 g/mol. The molecule has 5 rings (SSSR count). The molecule has 9 heteroatoms. The van der Waals surface area contributed by atoms with Crippen LogP contribution >= 0.6 is 15.9 Å². The second kappa shape index (κ2) is 9.67. The van der Waals surface area contributed by atoms with Crippen molar-refractivity contribution in [3.05, 3.63) is 116 Å². The zero-order valence-electron chi connectivity index (χ0n) is 20.1. The number of nitrogens with one attached hydrogen (secondary N) is 1. The summed E-state index contributed by atoms with van der Waals surface area (Å²) >= 11 is 3.40. The Hall–Kier alpha value is -4.24. The third-order valence-corrected chi connectivity index (χ3v) is 7.11. The van der Waals surface area contributed by atoms with Crippen LogP contribution in [0.1, 0.15) is 32.0 Å². The number of anilines is 1. The average Bonchev–Trinajstić information content (AvgIpc) is 3.28. The van der Waals surface area contributed by atoms with Gasteiger partial charge in [0.05, 0.1) is 22.5 Å². The van der Waals surface area contributed by atoms with Gasteiger partial charge in [0.1, 0.15) is 11.7 Å². The first kappa shape index (κ1) is 24.5. The molecule has 0 radical (unpaired) electrons. The van der Waals surface area contributed by atoms with Gasteiger partial charge in [0.25, 0.3) is 17.4 Å². The SMILES string of the molecule is Cc1c(NC(=O)C(Cc2ccc(Br)cc2)N2C(=O)c3ccccc3C2=O)c(=O)n(-c2ccccc2)n1C. The zero-order chi connectivity index (χ0) is 26.3. The van der Waals surface area contributed by atoms with Crippen LogP contribution in [0.4, 0.5) is 5.69 Å². The maximum Gasteiger partial charge on any atom is 0.295 e. The van der Waals surface area contributed by atoms with Gasteiger partial charge in [0.2, 0.25) is 5.91 Å². The van der Waals surface area contributed by atoms with Gasteiger partial charge in [-0.2, -0.15) is 0 Å². The molecule has 1 N–H and O–H groups in total. The summed E-state index contributed by atoms with van der Waals surface area (Å²) in [6.07, 6.45) is 0.0866. The summed E-state index contributed by atoms with van der Waals surface area (Å²) in [5.41, 5.74) is 2.12. The van der Waals surface area contributed by atoms with Gasteiger partial charge in [0, 0.05) is 17.9 Å². The van der Waals surface area contributed by atoms with E-state index >= 15 is 0 Å². The summed E-state index contributed by atoms with van der Waals surface area (Å²) < 4.78 is 3.97. The molecule has 3 amide bonds. The van der Waals surface area contributed by atoms with Crippen LogP contribution in [0.2, 0.25) is 0 Å². The second-order valence-electron chi connectivity index (χ2n) is 8.80. The summed E-state index contributed by atoms with van der Waals surface area (Å²) in [6.45, 7) is 1.72. The van der Waals surface area contributed by atoms with Crippen molar-refractivity contribution in [2.75, 3.05) is 5.32 Å². The van der Waals surface area contributed by atoms with Crippen LogP contribution in [0.15, 0.2) is 88.1 Å². The molecule has 0 saturated carbocycles. The number of imide groups is 1. The number of fused-ring (bicyclic) bond motifs is 1. The predicted octanol–water partition coefficient (Wildman–Crippen LogP) is 4.09. The summed E-state index contributed by atoms with van der Waals surface area (Å²) in [6, 6.07) is 21.7. The largest absolute Gasteiger partial charge is 0.318 e. The van der Waals surface area contributed by atoms with Gasteiger partial charge in [-0.3, -0.25) is 28.8 Å². The van der Waals surface area contributed by atoms with Crippen molar-refractivity contribution < 1.29 is 14.4 Å².